The average molecular weight is 731 g/mol. The van der Waals surface area contributed by atoms with Crippen molar-refractivity contribution in [2.75, 3.05) is 68.0 Å². The molecule has 0 saturated heterocycles. The summed E-state index contributed by atoms with van der Waals surface area (Å²) in [5.41, 5.74) is -4.23. The molecule has 1 aromatic heterocycles. The summed E-state index contributed by atoms with van der Waals surface area (Å²) < 4.78 is 47.9. The molecule has 1 aromatic carbocycles. The minimum Gasteiger partial charge on any atom is -0.497 e. The minimum atomic E-state index is -1.33. The van der Waals surface area contributed by atoms with Gasteiger partial charge in [-0.2, -0.15) is 0 Å². The largest absolute Gasteiger partial charge is 0.497 e. The fourth-order valence-corrected chi connectivity index (χ4v) is 6.37. The summed E-state index contributed by atoms with van der Waals surface area (Å²) >= 11 is 0. The number of esters is 3. The molecule has 1 amide bonds. The first-order valence-electron chi connectivity index (χ1n) is 17.6. The molecule has 0 atom stereocenters. The van der Waals surface area contributed by atoms with Crippen LogP contribution in [0.2, 0.25) is 0 Å². The Balaban J connectivity index is 1.92. The van der Waals surface area contributed by atoms with Gasteiger partial charge in [0.15, 0.2) is 11.4 Å². The molecule has 288 valence electrons. The van der Waals surface area contributed by atoms with Gasteiger partial charge in [0.25, 0.3) is 5.91 Å². The minimum absolute atomic E-state index is 0.0198. The average Bonchev–Trinajstić information content (AvgIpc) is 3.41. The second-order valence-corrected chi connectivity index (χ2v) is 14.8. The number of nitrogens with zero attached hydrogens (tertiary/aromatic N) is 2. The van der Waals surface area contributed by atoms with Crippen molar-refractivity contribution >= 4 is 23.8 Å². The van der Waals surface area contributed by atoms with Gasteiger partial charge in [-0.3, -0.25) is 19.0 Å². The van der Waals surface area contributed by atoms with E-state index in [4.69, 9.17) is 37.9 Å². The van der Waals surface area contributed by atoms with Gasteiger partial charge in [-0.1, -0.05) is 0 Å². The Bertz CT molecular complexity index is 1600. The number of amides is 1. The van der Waals surface area contributed by atoms with Crippen LogP contribution in [0.1, 0.15) is 88.2 Å². The lowest BCUT2D eigenvalue weighted by Crippen LogP contribution is -2.61. The molecule has 5 rings (SSSR count). The van der Waals surface area contributed by atoms with Gasteiger partial charge < -0.3 is 42.8 Å². The lowest BCUT2D eigenvalue weighted by Gasteiger charge is -2.52. The SMILES string of the molecule is CCOCCC(C)(C)OCC12CC(COC(C)(C)CCOC)(C1)C(=O)Oc1c(c(C(=O)N(C)C)n(-c3ccc(OC)cc3)c1C(=O)OCC)OC2=O. The number of benzene rings is 1. The van der Waals surface area contributed by atoms with Crippen molar-refractivity contribution in [2.45, 2.75) is 78.4 Å². The number of hydrogen-bond acceptors (Lipinski definition) is 12. The third kappa shape index (κ3) is 8.62. The van der Waals surface area contributed by atoms with Gasteiger partial charge in [-0.05, 0) is 91.5 Å². The molecule has 14 nitrogen and oxygen atoms in total. The van der Waals surface area contributed by atoms with E-state index in [2.05, 4.69) is 0 Å². The van der Waals surface area contributed by atoms with Crippen molar-refractivity contribution in [3.63, 3.8) is 0 Å². The van der Waals surface area contributed by atoms with Crippen LogP contribution in [0.15, 0.2) is 24.3 Å². The number of carbonyl (C=O) groups excluding carboxylic acids is 4. The predicted octanol–water partition coefficient (Wildman–Crippen LogP) is 5.01. The van der Waals surface area contributed by atoms with Crippen LogP contribution in [0.3, 0.4) is 0 Å². The highest BCUT2D eigenvalue weighted by atomic mass is 16.6. The highest BCUT2D eigenvalue weighted by Gasteiger charge is 2.66. The molecule has 1 fully saturated rings. The molecule has 52 heavy (non-hydrogen) atoms. The third-order valence-electron chi connectivity index (χ3n) is 9.54. The highest BCUT2D eigenvalue weighted by molar-refractivity contribution is 6.05. The van der Waals surface area contributed by atoms with Crippen LogP contribution in [-0.4, -0.2) is 112 Å². The van der Waals surface area contributed by atoms with Gasteiger partial charge in [-0.15, -0.1) is 0 Å². The Morgan fingerprint density at radius 1 is 0.808 bits per heavy atom. The molecule has 3 aliphatic rings. The fraction of sp³-hybridized carbons (Fsp3) is 0.632. The molecule has 2 aliphatic heterocycles. The monoisotopic (exact) mass is 730 g/mol. The number of carbonyl (C=O) groups is 4. The molecule has 0 unspecified atom stereocenters. The number of aromatic nitrogens is 1. The zero-order chi connectivity index (χ0) is 38.5. The van der Waals surface area contributed by atoms with E-state index in [0.29, 0.717) is 44.1 Å². The first kappa shape index (κ1) is 40.8. The van der Waals surface area contributed by atoms with Crippen LogP contribution >= 0.6 is 0 Å². The first-order chi connectivity index (χ1) is 24.5. The standard InChI is InChI=1S/C38H54N2O12/c1-11-47-20-18-36(5,6)50-24-37-21-38(22-37,23-49-35(3,4)17-19-45-9)34(44)52-30-28(32(42)48-12-2)40(25-13-15-26(46-10)16-14-25)27(31(41)39(7)8)29(30)51-33(37)43/h13-16H,11-12,17-24H2,1-10H3. The fourth-order valence-electron chi connectivity index (χ4n) is 6.37. The topological polar surface area (TPSA) is 150 Å². The zero-order valence-electron chi connectivity index (χ0n) is 32.2. The van der Waals surface area contributed by atoms with Crippen molar-refractivity contribution in [1.82, 2.24) is 9.47 Å². The Labute approximate surface area is 305 Å². The molecule has 1 saturated carbocycles. The second-order valence-electron chi connectivity index (χ2n) is 14.8. The molecular weight excluding hydrogens is 676 g/mol. The van der Waals surface area contributed by atoms with Crippen LogP contribution in [-0.2, 0) is 33.3 Å². The maximum Gasteiger partial charge on any atom is 0.359 e. The van der Waals surface area contributed by atoms with Gasteiger partial charge in [0.1, 0.15) is 5.75 Å². The summed E-state index contributed by atoms with van der Waals surface area (Å²) in [6, 6.07) is 6.51. The van der Waals surface area contributed by atoms with Gasteiger partial charge in [0.2, 0.25) is 11.5 Å². The Kier molecular flexibility index (Phi) is 12.8. The van der Waals surface area contributed by atoms with Crippen LogP contribution in [0.4, 0.5) is 0 Å². The van der Waals surface area contributed by atoms with Crippen molar-refractivity contribution in [3.8, 4) is 22.9 Å². The smallest absolute Gasteiger partial charge is 0.359 e. The number of hydrogen-bond donors (Lipinski definition) is 0. The number of methoxy groups -OCH3 is 2. The van der Waals surface area contributed by atoms with E-state index in [0.717, 1.165) is 0 Å². The molecule has 1 aliphatic carbocycles. The molecule has 14 heteroatoms. The molecule has 0 spiro atoms. The number of ether oxygens (including phenoxy) is 8. The molecule has 3 heterocycles. The highest BCUT2D eigenvalue weighted by Crippen LogP contribution is 2.59. The second kappa shape index (κ2) is 16.4. The number of rotatable bonds is 18. The van der Waals surface area contributed by atoms with Crippen molar-refractivity contribution in [2.24, 2.45) is 10.8 Å². The maximum absolute atomic E-state index is 14.6. The van der Waals surface area contributed by atoms with Crippen LogP contribution in [0, 0.1) is 10.8 Å². The van der Waals surface area contributed by atoms with Gasteiger partial charge >= 0.3 is 17.9 Å². The van der Waals surface area contributed by atoms with Crippen molar-refractivity contribution in [1.29, 1.82) is 0 Å². The van der Waals surface area contributed by atoms with Crippen molar-refractivity contribution in [3.05, 3.63) is 35.7 Å². The molecular formula is C38H54N2O12. The van der Waals surface area contributed by atoms with Crippen LogP contribution < -0.4 is 14.2 Å². The summed E-state index contributed by atoms with van der Waals surface area (Å²) in [5.74, 6) is -3.28. The molecule has 0 radical (unpaired) electrons. The first-order valence-corrected chi connectivity index (χ1v) is 17.6. The third-order valence-corrected chi connectivity index (χ3v) is 9.54. The van der Waals surface area contributed by atoms with E-state index in [-0.39, 0.29) is 49.8 Å². The normalized spacial score (nSPS) is 20.0. The van der Waals surface area contributed by atoms with E-state index in [1.165, 1.54) is 30.7 Å². The lowest BCUT2D eigenvalue weighted by molar-refractivity contribution is -0.203. The molecule has 2 aromatic rings. The Hall–Kier alpha value is -3.98. The molecule has 2 bridgehead atoms. The Morgan fingerprint density at radius 3 is 1.79 bits per heavy atom. The quantitative estimate of drug-likeness (QED) is 0.150. The zero-order valence-corrected chi connectivity index (χ0v) is 32.2. The van der Waals surface area contributed by atoms with Gasteiger partial charge in [0, 0.05) is 46.7 Å². The van der Waals surface area contributed by atoms with Crippen molar-refractivity contribution < 1.29 is 57.1 Å². The Morgan fingerprint density at radius 2 is 1.33 bits per heavy atom. The summed E-state index contributed by atoms with van der Waals surface area (Å²) in [6.45, 7) is 12.3. The summed E-state index contributed by atoms with van der Waals surface area (Å²) in [5, 5.41) is 0. The summed E-state index contributed by atoms with van der Waals surface area (Å²) in [6.07, 6.45) is 1.05. The molecule has 0 N–H and O–H groups in total. The van der Waals surface area contributed by atoms with Gasteiger partial charge in [-0.25, -0.2) is 4.79 Å². The number of fused-ring (bicyclic) bond motifs is 2. The van der Waals surface area contributed by atoms with E-state index < -0.39 is 51.6 Å². The lowest BCUT2D eigenvalue weighted by atomic mass is 9.53. The van der Waals surface area contributed by atoms with Crippen LogP contribution in [0.25, 0.3) is 5.69 Å². The van der Waals surface area contributed by atoms with E-state index in [1.54, 1.807) is 38.3 Å². The van der Waals surface area contributed by atoms with E-state index in [9.17, 15) is 19.2 Å². The summed E-state index contributed by atoms with van der Waals surface area (Å²) in [4.78, 5) is 58.3. The van der Waals surface area contributed by atoms with E-state index in [1.807, 2.05) is 34.6 Å². The van der Waals surface area contributed by atoms with E-state index >= 15 is 0 Å². The maximum atomic E-state index is 14.6. The predicted molar refractivity (Wildman–Crippen MR) is 189 cm³/mol. The van der Waals surface area contributed by atoms with Crippen LogP contribution in [0.5, 0.6) is 17.2 Å². The summed E-state index contributed by atoms with van der Waals surface area (Å²) in [7, 11) is 6.13. The van der Waals surface area contributed by atoms with Gasteiger partial charge in [0.05, 0.1) is 49.0 Å².